The maximum absolute atomic E-state index is 4.39. The van der Waals surface area contributed by atoms with Crippen molar-refractivity contribution in [3.63, 3.8) is 0 Å². The van der Waals surface area contributed by atoms with Crippen LogP contribution in [0.25, 0.3) is 0 Å². The minimum Gasteiger partial charge on any atom is -0.337 e. The average molecular weight is 193 g/mol. The van der Waals surface area contributed by atoms with Gasteiger partial charge in [0.1, 0.15) is 5.82 Å². The maximum atomic E-state index is 4.39. The van der Waals surface area contributed by atoms with Crippen molar-refractivity contribution in [3.8, 4) is 0 Å². The van der Waals surface area contributed by atoms with E-state index in [0.29, 0.717) is 6.04 Å². The van der Waals surface area contributed by atoms with Crippen molar-refractivity contribution in [2.45, 2.75) is 38.8 Å². The summed E-state index contributed by atoms with van der Waals surface area (Å²) in [6, 6.07) is 1.14. The summed E-state index contributed by atoms with van der Waals surface area (Å²) in [6.45, 7) is 4.50. The SMILES string of the molecule is CCC(NC1CC1C)c1nccn1C. The summed E-state index contributed by atoms with van der Waals surface area (Å²) >= 11 is 0. The molecule has 2 rings (SSSR count). The van der Waals surface area contributed by atoms with Gasteiger partial charge in [0.05, 0.1) is 6.04 Å². The molecule has 1 aliphatic rings. The minimum atomic E-state index is 0.421. The molecule has 0 bridgehead atoms. The number of aryl methyl sites for hydroxylation is 1. The zero-order valence-electron chi connectivity index (χ0n) is 9.20. The van der Waals surface area contributed by atoms with Crippen LogP contribution in [0.4, 0.5) is 0 Å². The second-order valence-electron chi connectivity index (χ2n) is 4.34. The summed E-state index contributed by atoms with van der Waals surface area (Å²) < 4.78 is 2.11. The molecule has 3 atom stereocenters. The van der Waals surface area contributed by atoms with Gasteiger partial charge < -0.3 is 9.88 Å². The van der Waals surface area contributed by atoms with E-state index in [1.54, 1.807) is 0 Å². The van der Waals surface area contributed by atoms with Gasteiger partial charge in [-0.3, -0.25) is 0 Å². The van der Waals surface area contributed by atoms with Crippen molar-refractivity contribution in [2.75, 3.05) is 0 Å². The Morgan fingerprint density at radius 3 is 2.86 bits per heavy atom. The standard InChI is InChI=1S/C11H19N3/c1-4-9(13-10-7-8(10)2)11-12-5-6-14(11)3/h5-6,8-10,13H,4,7H2,1-3H3. The Morgan fingerprint density at radius 1 is 1.71 bits per heavy atom. The van der Waals surface area contributed by atoms with Gasteiger partial charge in [-0.25, -0.2) is 4.98 Å². The molecule has 1 N–H and O–H groups in total. The molecule has 0 aromatic carbocycles. The molecule has 14 heavy (non-hydrogen) atoms. The van der Waals surface area contributed by atoms with E-state index < -0.39 is 0 Å². The number of hydrogen-bond acceptors (Lipinski definition) is 2. The van der Waals surface area contributed by atoms with E-state index in [1.807, 2.05) is 12.4 Å². The average Bonchev–Trinajstić information content (AvgIpc) is 2.68. The Hall–Kier alpha value is -0.830. The molecular weight excluding hydrogens is 174 g/mol. The third-order valence-corrected chi connectivity index (χ3v) is 3.10. The zero-order valence-corrected chi connectivity index (χ0v) is 9.20. The molecule has 0 radical (unpaired) electrons. The van der Waals surface area contributed by atoms with Gasteiger partial charge in [-0.2, -0.15) is 0 Å². The Balaban J connectivity index is 2.02. The Kier molecular flexibility index (Phi) is 2.59. The van der Waals surface area contributed by atoms with E-state index >= 15 is 0 Å². The molecule has 1 aliphatic carbocycles. The molecule has 1 aromatic rings. The molecule has 3 heteroatoms. The topological polar surface area (TPSA) is 29.9 Å². The Bertz CT molecular complexity index is 305. The Labute approximate surface area is 85.5 Å². The number of nitrogens with zero attached hydrogens (tertiary/aromatic N) is 2. The fraction of sp³-hybridized carbons (Fsp3) is 0.727. The monoisotopic (exact) mass is 193 g/mol. The second-order valence-corrected chi connectivity index (χ2v) is 4.34. The first-order valence-corrected chi connectivity index (χ1v) is 5.45. The molecule has 1 heterocycles. The van der Waals surface area contributed by atoms with Crippen LogP contribution in [0.3, 0.4) is 0 Å². The van der Waals surface area contributed by atoms with E-state index in [2.05, 4.69) is 35.8 Å². The van der Waals surface area contributed by atoms with E-state index in [0.717, 1.165) is 24.2 Å². The van der Waals surface area contributed by atoms with Crippen LogP contribution < -0.4 is 5.32 Å². The second kappa shape index (κ2) is 3.73. The van der Waals surface area contributed by atoms with Gasteiger partial charge in [-0.05, 0) is 18.8 Å². The lowest BCUT2D eigenvalue weighted by atomic mass is 10.2. The van der Waals surface area contributed by atoms with Gasteiger partial charge in [-0.1, -0.05) is 13.8 Å². The van der Waals surface area contributed by atoms with Crippen molar-refractivity contribution in [2.24, 2.45) is 13.0 Å². The van der Waals surface area contributed by atoms with Gasteiger partial charge >= 0.3 is 0 Å². The first kappa shape index (κ1) is 9.71. The summed E-state index contributed by atoms with van der Waals surface area (Å²) in [7, 11) is 2.06. The van der Waals surface area contributed by atoms with Gasteiger partial charge in [0.25, 0.3) is 0 Å². The molecule has 1 fully saturated rings. The van der Waals surface area contributed by atoms with E-state index in [1.165, 1.54) is 6.42 Å². The van der Waals surface area contributed by atoms with Gasteiger partial charge in [-0.15, -0.1) is 0 Å². The lowest BCUT2D eigenvalue weighted by Gasteiger charge is -2.16. The predicted molar refractivity (Wildman–Crippen MR) is 56.9 cm³/mol. The maximum Gasteiger partial charge on any atom is 0.125 e. The summed E-state index contributed by atoms with van der Waals surface area (Å²) in [6.07, 6.45) is 6.31. The number of imidazole rings is 1. The fourth-order valence-electron chi connectivity index (χ4n) is 1.90. The number of rotatable bonds is 4. The summed E-state index contributed by atoms with van der Waals surface area (Å²) in [5.41, 5.74) is 0. The van der Waals surface area contributed by atoms with Gasteiger partial charge in [0.2, 0.25) is 0 Å². The highest BCUT2D eigenvalue weighted by Gasteiger charge is 2.34. The van der Waals surface area contributed by atoms with Crippen LogP contribution in [0, 0.1) is 5.92 Å². The first-order valence-electron chi connectivity index (χ1n) is 5.45. The first-order chi connectivity index (χ1) is 6.72. The van der Waals surface area contributed by atoms with Crippen LogP contribution in [0.5, 0.6) is 0 Å². The van der Waals surface area contributed by atoms with Crippen LogP contribution in [-0.2, 0) is 7.05 Å². The molecule has 1 saturated carbocycles. The van der Waals surface area contributed by atoms with Crippen molar-refractivity contribution >= 4 is 0 Å². The normalized spacial score (nSPS) is 27.6. The van der Waals surface area contributed by atoms with Crippen LogP contribution in [0.2, 0.25) is 0 Å². The van der Waals surface area contributed by atoms with E-state index in [-0.39, 0.29) is 0 Å². The fourth-order valence-corrected chi connectivity index (χ4v) is 1.90. The quantitative estimate of drug-likeness (QED) is 0.791. The van der Waals surface area contributed by atoms with Crippen molar-refractivity contribution in [1.29, 1.82) is 0 Å². The number of hydrogen-bond donors (Lipinski definition) is 1. The van der Waals surface area contributed by atoms with Gasteiger partial charge in [0, 0.05) is 25.5 Å². The zero-order chi connectivity index (χ0) is 10.1. The molecule has 3 nitrogen and oxygen atoms in total. The summed E-state index contributed by atoms with van der Waals surface area (Å²) in [4.78, 5) is 4.39. The van der Waals surface area contributed by atoms with Crippen molar-refractivity contribution < 1.29 is 0 Å². The molecular formula is C11H19N3. The Morgan fingerprint density at radius 2 is 2.43 bits per heavy atom. The van der Waals surface area contributed by atoms with Gasteiger partial charge in [0.15, 0.2) is 0 Å². The largest absolute Gasteiger partial charge is 0.337 e. The molecule has 0 saturated heterocycles. The highest BCUT2D eigenvalue weighted by molar-refractivity contribution is 5.02. The molecule has 78 valence electrons. The van der Waals surface area contributed by atoms with E-state index in [4.69, 9.17) is 0 Å². The van der Waals surface area contributed by atoms with E-state index in [9.17, 15) is 0 Å². The number of nitrogens with one attached hydrogen (secondary N) is 1. The molecule has 0 spiro atoms. The highest BCUT2D eigenvalue weighted by Crippen LogP contribution is 2.32. The lowest BCUT2D eigenvalue weighted by Crippen LogP contribution is -2.26. The van der Waals surface area contributed by atoms with Crippen LogP contribution in [0.1, 0.15) is 38.6 Å². The smallest absolute Gasteiger partial charge is 0.125 e. The lowest BCUT2D eigenvalue weighted by molar-refractivity contribution is 0.468. The third kappa shape index (κ3) is 1.82. The predicted octanol–water partition coefficient (Wildman–Crippen LogP) is 1.87. The van der Waals surface area contributed by atoms with Crippen LogP contribution >= 0.6 is 0 Å². The van der Waals surface area contributed by atoms with Crippen molar-refractivity contribution in [1.82, 2.24) is 14.9 Å². The highest BCUT2D eigenvalue weighted by atomic mass is 15.1. The summed E-state index contributed by atoms with van der Waals surface area (Å²) in [5, 5.41) is 3.65. The molecule has 3 unspecified atom stereocenters. The molecule has 1 aromatic heterocycles. The summed E-state index contributed by atoms with van der Waals surface area (Å²) in [5.74, 6) is 2.01. The third-order valence-electron chi connectivity index (χ3n) is 3.10. The number of aromatic nitrogens is 2. The van der Waals surface area contributed by atoms with Crippen LogP contribution in [-0.4, -0.2) is 15.6 Å². The molecule has 0 aliphatic heterocycles. The minimum absolute atomic E-state index is 0.421. The van der Waals surface area contributed by atoms with Crippen molar-refractivity contribution in [3.05, 3.63) is 18.2 Å². The van der Waals surface area contributed by atoms with Crippen LogP contribution in [0.15, 0.2) is 12.4 Å². The molecule has 0 amide bonds.